The summed E-state index contributed by atoms with van der Waals surface area (Å²) in [5.74, 6) is 0.932. The molecule has 0 heterocycles. The van der Waals surface area contributed by atoms with Gasteiger partial charge in [-0.3, -0.25) is 4.79 Å². The molecule has 82 valence electrons. The monoisotopic (exact) mass is 261 g/mol. The van der Waals surface area contributed by atoms with E-state index >= 15 is 0 Å². The molecule has 2 nitrogen and oxygen atoms in total. The molecule has 14 heavy (non-hydrogen) atoms. The molecule has 1 fully saturated rings. The van der Waals surface area contributed by atoms with Crippen LogP contribution in [-0.2, 0) is 4.79 Å². The number of hydrogen-bond acceptors (Lipinski definition) is 1. The Morgan fingerprint density at radius 3 is 2.79 bits per heavy atom. The second-order valence-electron chi connectivity index (χ2n) is 4.27. The number of carbonyl (C=O) groups is 1. The average molecular weight is 262 g/mol. The van der Waals surface area contributed by atoms with E-state index in [1.807, 2.05) is 0 Å². The molecule has 1 atom stereocenters. The van der Waals surface area contributed by atoms with Crippen LogP contribution >= 0.6 is 15.9 Å². The van der Waals surface area contributed by atoms with Crippen molar-refractivity contribution in [3.05, 3.63) is 0 Å². The Hall–Kier alpha value is -0.0500. The molecule has 0 radical (unpaired) electrons. The van der Waals surface area contributed by atoms with Crippen molar-refractivity contribution < 1.29 is 4.79 Å². The maximum atomic E-state index is 11.4. The minimum Gasteiger partial charge on any atom is -0.356 e. The molecule has 1 aliphatic carbocycles. The SMILES string of the molecule is CC(Br)CCCNC(=O)CC1CCC1. The summed E-state index contributed by atoms with van der Waals surface area (Å²) in [6, 6.07) is 0. The molecule has 1 aliphatic rings. The predicted octanol–water partition coefficient (Wildman–Crippen LogP) is 2.86. The summed E-state index contributed by atoms with van der Waals surface area (Å²) in [6.45, 7) is 2.97. The minimum absolute atomic E-state index is 0.247. The zero-order valence-electron chi connectivity index (χ0n) is 8.89. The van der Waals surface area contributed by atoms with E-state index in [1.54, 1.807) is 0 Å². The highest BCUT2D eigenvalue weighted by molar-refractivity contribution is 9.09. The topological polar surface area (TPSA) is 29.1 Å². The third-order valence-electron chi connectivity index (χ3n) is 2.80. The molecule has 1 rings (SSSR count). The van der Waals surface area contributed by atoms with Crippen molar-refractivity contribution in [1.29, 1.82) is 0 Å². The standard InChI is InChI=1S/C11H20BrNO/c1-9(12)4-3-7-13-11(14)8-10-5-2-6-10/h9-10H,2-8H2,1H3,(H,13,14). The molecule has 0 aromatic heterocycles. The average Bonchev–Trinajstić information content (AvgIpc) is 2.05. The second kappa shape index (κ2) is 6.44. The maximum Gasteiger partial charge on any atom is 0.220 e. The van der Waals surface area contributed by atoms with Gasteiger partial charge in [-0.05, 0) is 31.6 Å². The normalized spacial score (nSPS) is 18.7. The van der Waals surface area contributed by atoms with Crippen LogP contribution in [0.3, 0.4) is 0 Å². The Labute approximate surface area is 95.0 Å². The van der Waals surface area contributed by atoms with Gasteiger partial charge in [0.25, 0.3) is 0 Å². The first-order chi connectivity index (χ1) is 6.68. The predicted molar refractivity (Wildman–Crippen MR) is 62.6 cm³/mol. The van der Waals surface area contributed by atoms with E-state index < -0.39 is 0 Å². The van der Waals surface area contributed by atoms with Gasteiger partial charge in [-0.1, -0.05) is 29.3 Å². The summed E-state index contributed by atoms with van der Waals surface area (Å²) >= 11 is 3.49. The quantitative estimate of drug-likeness (QED) is 0.578. The Bertz CT molecular complexity index is 178. The van der Waals surface area contributed by atoms with Crippen LogP contribution in [0.1, 0.15) is 45.4 Å². The molecule has 1 saturated carbocycles. The van der Waals surface area contributed by atoms with Gasteiger partial charge in [0.1, 0.15) is 0 Å². The number of rotatable bonds is 6. The Morgan fingerprint density at radius 1 is 1.57 bits per heavy atom. The number of halogens is 1. The van der Waals surface area contributed by atoms with Crippen LogP contribution < -0.4 is 5.32 Å². The van der Waals surface area contributed by atoms with Crippen molar-refractivity contribution in [3.8, 4) is 0 Å². The molecule has 0 aliphatic heterocycles. The largest absolute Gasteiger partial charge is 0.356 e. The van der Waals surface area contributed by atoms with Crippen LogP contribution in [0, 0.1) is 5.92 Å². The van der Waals surface area contributed by atoms with Gasteiger partial charge in [-0.2, -0.15) is 0 Å². The van der Waals surface area contributed by atoms with E-state index in [0.29, 0.717) is 10.7 Å². The smallest absolute Gasteiger partial charge is 0.220 e. The summed E-state index contributed by atoms with van der Waals surface area (Å²) in [7, 11) is 0. The third kappa shape index (κ3) is 4.99. The van der Waals surface area contributed by atoms with E-state index in [0.717, 1.165) is 25.8 Å². The summed E-state index contributed by atoms with van der Waals surface area (Å²) in [6.07, 6.45) is 6.78. The van der Waals surface area contributed by atoms with Crippen LogP contribution in [0.2, 0.25) is 0 Å². The summed E-state index contributed by atoms with van der Waals surface area (Å²) in [5.41, 5.74) is 0. The lowest BCUT2D eigenvalue weighted by Crippen LogP contribution is -2.28. The first kappa shape index (κ1) is 12.0. The van der Waals surface area contributed by atoms with Crippen molar-refractivity contribution >= 4 is 21.8 Å². The maximum absolute atomic E-state index is 11.4. The van der Waals surface area contributed by atoms with Gasteiger partial charge in [0, 0.05) is 17.8 Å². The highest BCUT2D eigenvalue weighted by atomic mass is 79.9. The van der Waals surface area contributed by atoms with E-state index in [-0.39, 0.29) is 5.91 Å². The van der Waals surface area contributed by atoms with Crippen molar-refractivity contribution in [2.24, 2.45) is 5.92 Å². The zero-order chi connectivity index (χ0) is 10.4. The van der Waals surface area contributed by atoms with E-state index in [9.17, 15) is 4.79 Å². The van der Waals surface area contributed by atoms with Gasteiger partial charge in [0.15, 0.2) is 0 Å². The van der Waals surface area contributed by atoms with E-state index in [2.05, 4.69) is 28.2 Å². The van der Waals surface area contributed by atoms with Crippen LogP contribution in [0.4, 0.5) is 0 Å². The molecule has 0 aromatic carbocycles. The molecular weight excluding hydrogens is 242 g/mol. The van der Waals surface area contributed by atoms with Crippen LogP contribution in [0.5, 0.6) is 0 Å². The van der Waals surface area contributed by atoms with Gasteiger partial charge >= 0.3 is 0 Å². The fraction of sp³-hybridized carbons (Fsp3) is 0.909. The van der Waals surface area contributed by atoms with Gasteiger partial charge in [0.2, 0.25) is 5.91 Å². The molecule has 0 aromatic rings. The number of hydrogen-bond donors (Lipinski definition) is 1. The molecule has 1 amide bonds. The Balaban J connectivity index is 1.92. The number of amides is 1. The molecule has 1 unspecified atom stereocenters. The van der Waals surface area contributed by atoms with Crippen molar-refractivity contribution in [3.63, 3.8) is 0 Å². The van der Waals surface area contributed by atoms with Crippen molar-refractivity contribution in [2.45, 2.75) is 50.3 Å². The van der Waals surface area contributed by atoms with Gasteiger partial charge < -0.3 is 5.32 Å². The fourth-order valence-electron chi connectivity index (χ4n) is 1.64. The lowest BCUT2D eigenvalue weighted by atomic mass is 9.83. The van der Waals surface area contributed by atoms with Gasteiger partial charge in [-0.25, -0.2) is 0 Å². The third-order valence-corrected chi connectivity index (χ3v) is 3.26. The Morgan fingerprint density at radius 2 is 2.29 bits per heavy atom. The number of nitrogens with one attached hydrogen (secondary N) is 1. The summed E-state index contributed by atoms with van der Waals surface area (Å²) in [4.78, 5) is 11.9. The summed E-state index contributed by atoms with van der Waals surface area (Å²) < 4.78 is 0. The number of carbonyl (C=O) groups excluding carboxylic acids is 1. The van der Waals surface area contributed by atoms with Gasteiger partial charge in [0.05, 0.1) is 0 Å². The summed E-state index contributed by atoms with van der Waals surface area (Å²) in [5, 5.41) is 2.98. The van der Waals surface area contributed by atoms with Crippen LogP contribution in [0.15, 0.2) is 0 Å². The molecule has 1 N–H and O–H groups in total. The van der Waals surface area contributed by atoms with Crippen molar-refractivity contribution in [2.75, 3.05) is 6.54 Å². The first-order valence-corrected chi connectivity index (χ1v) is 6.51. The number of alkyl halides is 1. The molecule has 0 bridgehead atoms. The van der Waals surface area contributed by atoms with Gasteiger partial charge in [-0.15, -0.1) is 0 Å². The highest BCUT2D eigenvalue weighted by Crippen LogP contribution is 2.28. The lowest BCUT2D eigenvalue weighted by molar-refractivity contribution is -0.122. The first-order valence-electron chi connectivity index (χ1n) is 5.59. The molecular formula is C11H20BrNO. The molecule has 0 spiro atoms. The van der Waals surface area contributed by atoms with Crippen LogP contribution in [-0.4, -0.2) is 17.3 Å². The molecule has 3 heteroatoms. The fourth-order valence-corrected chi connectivity index (χ4v) is 1.97. The minimum atomic E-state index is 0.247. The second-order valence-corrected chi connectivity index (χ2v) is 5.84. The zero-order valence-corrected chi connectivity index (χ0v) is 10.5. The van der Waals surface area contributed by atoms with E-state index in [1.165, 1.54) is 19.3 Å². The van der Waals surface area contributed by atoms with E-state index in [4.69, 9.17) is 0 Å². The van der Waals surface area contributed by atoms with Crippen LogP contribution in [0.25, 0.3) is 0 Å². The van der Waals surface area contributed by atoms with Crippen molar-refractivity contribution in [1.82, 2.24) is 5.32 Å². The lowest BCUT2D eigenvalue weighted by Gasteiger charge is -2.24. The molecule has 0 saturated heterocycles. The Kier molecular flexibility index (Phi) is 5.53. The highest BCUT2D eigenvalue weighted by Gasteiger charge is 2.20.